The molecule has 3 aliphatic heterocycles. The Hall–Kier alpha value is -2.78. The van der Waals surface area contributed by atoms with E-state index in [2.05, 4.69) is 27.2 Å². The van der Waals surface area contributed by atoms with Crippen molar-refractivity contribution < 1.29 is 18.7 Å². The summed E-state index contributed by atoms with van der Waals surface area (Å²) in [6.45, 7) is 6.87. The number of nitrogens with zero attached hydrogens (tertiary/aromatic N) is 3. The van der Waals surface area contributed by atoms with Gasteiger partial charge in [-0.05, 0) is 29.7 Å². The summed E-state index contributed by atoms with van der Waals surface area (Å²) >= 11 is 6.11. The number of amides is 2. The first-order valence-electron chi connectivity index (χ1n) is 13.3. The molecule has 0 bridgehead atoms. The van der Waals surface area contributed by atoms with Crippen LogP contribution >= 0.6 is 11.6 Å². The quantitative estimate of drug-likeness (QED) is 0.525. The molecule has 38 heavy (non-hydrogen) atoms. The summed E-state index contributed by atoms with van der Waals surface area (Å²) < 4.78 is 19.7. The Morgan fingerprint density at radius 3 is 2.55 bits per heavy atom. The van der Waals surface area contributed by atoms with Crippen LogP contribution in [0.1, 0.15) is 34.8 Å². The van der Waals surface area contributed by atoms with Crippen LogP contribution in [0.4, 0.5) is 4.39 Å². The zero-order chi connectivity index (χ0) is 26.5. The van der Waals surface area contributed by atoms with Gasteiger partial charge in [0.25, 0.3) is 5.91 Å². The van der Waals surface area contributed by atoms with Crippen molar-refractivity contribution in [2.24, 2.45) is 5.92 Å². The van der Waals surface area contributed by atoms with Gasteiger partial charge in [-0.25, -0.2) is 4.39 Å². The van der Waals surface area contributed by atoms with Crippen LogP contribution in [0, 0.1) is 11.7 Å². The van der Waals surface area contributed by atoms with Gasteiger partial charge < -0.3 is 15.0 Å². The normalized spacial score (nSPS) is 20.7. The van der Waals surface area contributed by atoms with Crippen molar-refractivity contribution in [3.05, 3.63) is 82.3 Å². The van der Waals surface area contributed by atoms with Crippen LogP contribution in [-0.2, 0) is 9.53 Å². The van der Waals surface area contributed by atoms with Gasteiger partial charge in [0.1, 0.15) is 5.82 Å². The van der Waals surface area contributed by atoms with Crippen LogP contribution < -0.4 is 5.32 Å². The molecule has 2 fully saturated rings. The van der Waals surface area contributed by atoms with Crippen molar-refractivity contribution in [3.8, 4) is 0 Å². The van der Waals surface area contributed by atoms with Crippen LogP contribution in [0.5, 0.6) is 0 Å². The molecule has 2 aromatic carbocycles. The highest BCUT2D eigenvalue weighted by Gasteiger charge is 2.36. The van der Waals surface area contributed by atoms with Gasteiger partial charge in [0, 0.05) is 64.4 Å². The molecule has 0 saturated carbocycles. The molecule has 2 atom stereocenters. The largest absolute Gasteiger partial charge is 0.379 e. The van der Waals surface area contributed by atoms with E-state index in [9.17, 15) is 14.0 Å². The monoisotopic (exact) mass is 540 g/mol. The zero-order valence-electron chi connectivity index (χ0n) is 21.5. The van der Waals surface area contributed by atoms with Gasteiger partial charge in [0.05, 0.1) is 29.8 Å². The minimum absolute atomic E-state index is 0.0623. The molecule has 0 aliphatic carbocycles. The van der Waals surface area contributed by atoms with Crippen molar-refractivity contribution in [3.63, 3.8) is 0 Å². The predicted octanol–water partition coefficient (Wildman–Crippen LogP) is 3.72. The molecule has 2 saturated heterocycles. The van der Waals surface area contributed by atoms with Gasteiger partial charge in [-0.3, -0.25) is 19.4 Å². The maximum Gasteiger partial charge on any atom is 0.262 e. The van der Waals surface area contributed by atoms with E-state index in [0.717, 1.165) is 64.5 Å². The van der Waals surface area contributed by atoms with Gasteiger partial charge in [-0.1, -0.05) is 48.0 Å². The van der Waals surface area contributed by atoms with Crippen molar-refractivity contribution >= 4 is 23.4 Å². The molecule has 0 radical (unpaired) electrons. The first kappa shape index (κ1) is 26.8. The summed E-state index contributed by atoms with van der Waals surface area (Å²) in [5.74, 6) is -0.709. The predicted molar refractivity (Wildman–Crippen MR) is 144 cm³/mol. The number of morpholine rings is 1. The molecule has 202 valence electrons. The van der Waals surface area contributed by atoms with Gasteiger partial charge in [0.2, 0.25) is 5.91 Å². The van der Waals surface area contributed by atoms with Crippen molar-refractivity contribution in [1.29, 1.82) is 0 Å². The summed E-state index contributed by atoms with van der Waals surface area (Å²) in [7, 11) is 0. The number of hydrogen-bond donors (Lipinski definition) is 1. The van der Waals surface area contributed by atoms with E-state index < -0.39 is 11.7 Å². The van der Waals surface area contributed by atoms with E-state index in [4.69, 9.17) is 16.3 Å². The second-order valence-electron chi connectivity index (χ2n) is 10.2. The number of halogens is 2. The van der Waals surface area contributed by atoms with Crippen LogP contribution in [0.15, 0.2) is 60.3 Å². The smallest absolute Gasteiger partial charge is 0.262 e. The molecular formula is C29H34ClFN4O3. The molecule has 7 nitrogen and oxygen atoms in total. The van der Waals surface area contributed by atoms with Gasteiger partial charge >= 0.3 is 0 Å². The van der Waals surface area contributed by atoms with Crippen molar-refractivity contribution in [2.45, 2.75) is 18.9 Å². The number of carbonyl (C=O) groups excluding carboxylic acids is 2. The first-order chi connectivity index (χ1) is 18.5. The van der Waals surface area contributed by atoms with E-state index in [-0.39, 0.29) is 28.5 Å². The van der Waals surface area contributed by atoms with Gasteiger partial charge in [-0.2, -0.15) is 0 Å². The molecule has 2 aromatic rings. The number of benzene rings is 2. The molecule has 1 unspecified atom stereocenters. The SMILES string of the molecule is O=C(CCN1CCOCC1)N[C@@H](CCN1CC2=CN(C(=O)c3c(F)cccc3Cl)CC2C1)c1ccccc1. The topological polar surface area (TPSA) is 65.1 Å². The molecule has 0 aromatic heterocycles. The fraction of sp³-hybridized carbons (Fsp3) is 0.448. The van der Waals surface area contributed by atoms with E-state index >= 15 is 0 Å². The standard InChI is InChI=1S/C29H34ClFN4O3/c30-24-7-4-8-25(31)28(24)29(37)35-19-22-17-34(18-23(22)20-35)11-9-26(21-5-2-1-3-6-21)32-27(36)10-12-33-13-15-38-16-14-33/h1-8,19,23,26H,9-18,20H2,(H,32,36)/t23?,26-/m0/s1. The molecule has 0 spiro atoms. The third-order valence-corrected chi connectivity index (χ3v) is 7.93. The highest BCUT2D eigenvalue weighted by atomic mass is 35.5. The number of ether oxygens (including phenoxy) is 1. The number of hydrogen-bond acceptors (Lipinski definition) is 5. The Balaban J connectivity index is 1.16. The Morgan fingerprint density at radius 2 is 1.82 bits per heavy atom. The minimum atomic E-state index is -0.599. The van der Waals surface area contributed by atoms with Crippen molar-refractivity contribution in [1.82, 2.24) is 20.0 Å². The number of likely N-dealkylation sites (tertiary alicyclic amines) is 1. The second-order valence-corrected chi connectivity index (χ2v) is 10.6. The lowest BCUT2D eigenvalue weighted by Crippen LogP contribution is -2.39. The Morgan fingerprint density at radius 1 is 1.03 bits per heavy atom. The average Bonchev–Trinajstić information content (AvgIpc) is 3.50. The van der Waals surface area contributed by atoms with E-state index in [1.807, 2.05) is 24.4 Å². The molecule has 9 heteroatoms. The zero-order valence-corrected chi connectivity index (χ0v) is 22.2. The second kappa shape index (κ2) is 12.4. The highest BCUT2D eigenvalue weighted by Crippen LogP contribution is 2.32. The van der Waals surface area contributed by atoms with Crippen molar-refractivity contribution in [2.75, 3.05) is 59.0 Å². The van der Waals surface area contributed by atoms with Gasteiger partial charge in [0.15, 0.2) is 0 Å². The van der Waals surface area contributed by atoms with Crippen LogP contribution in [0.2, 0.25) is 5.02 Å². The fourth-order valence-electron chi connectivity index (χ4n) is 5.52. The highest BCUT2D eigenvalue weighted by molar-refractivity contribution is 6.33. The summed E-state index contributed by atoms with van der Waals surface area (Å²) in [6.07, 6.45) is 3.12. The van der Waals surface area contributed by atoms with Crippen LogP contribution in [0.25, 0.3) is 0 Å². The van der Waals surface area contributed by atoms with Crippen LogP contribution in [-0.4, -0.2) is 85.5 Å². The molecule has 1 N–H and O–H groups in total. The maximum absolute atomic E-state index is 14.3. The molecular weight excluding hydrogens is 507 g/mol. The number of nitrogens with one attached hydrogen (secondary N) is 1. The lowest BCUT2D eigenvalue weighted by atomic mass is 10.0. The first-order valence-corrected chi connectivity index (χ1v) is 13.7. The molecule has 2 amide bonds. The lowest BCUT2D eigenvalue weighted by Gasteiger charge is -2.27. The number of carbonyl (C=O) groups is 2. The maximum atomic E-state index is 14.3. The third-order valence-electron chi connectivity index (χ3n) is 7.62. The summed E-state index contributed by atoms with van der Waals surface area (Å²) in [6, 6.07) is 14.3. The number of rotatable bonds is 9. The third kappa shape index (κ3) is 6.43. The molecule has 3 aliphatic rings. The van der Waals surface area contributed by atoms with Crippen LogP contribution in [0.3, 0.4) is 0 Å². The number of fused-ring (bicyclic) bond motifs is 1. The Labute approximate surface area is 228 Å². The summed E-state index contributed by atoms with van der Waals surface area (Å²) in [5.41, 5.74) is 2.21. The minimum Gasteiger partial charge on any atom is -0.379 e. The average molecular weight is 541 g/mol. The summed E-state index contributed by atoms with van der Waals surface area (Å²) in [5, 5.41) is 3.39. The van der Waals surface area contributed by atoms with E-state index in [0.29, 0.717) is 13.0 Å². The Kier molecular flexibility index (Phi) is 8.74. The summed E-state index contributed by atoms with van der Waals surface area (Å²) in [4.78, 5) is 32.0. The Bertz CT molecular complexity index is 1150. The van der Waals surface area contributed by atoms with E-state index in [1.165, 1.54) is 23.8 Å². The fourth-order valence-corrected chi connectivity index (χ4v) is 5.76. The van der Waals surface area contributed by atoms with E-state index in [1.54, 1.807) is 4.90 Å². The lowest BCUT2D eigenvalue weighted by molar-refractivity contribution is -0.122. The molecule has 3 heterocycles. The van der Waals surface area contributed by atoms with Gasteiger partial charge in [-0.15, -0.1) is 0 Å². The molecule has 5 rings (SSSR count).